The number of carbonyl (C=O) groups is 1. The van der Waals surface area contributed by atoms with Crippen molar-refractivity contribution in [3.63, 3.8) is 0 Å². The second kappa shape index (κ2) is 3.95. The molecule has 1 unspecified atom stereocenters. The Balaban J connectivity index is 2.29. The van der Waals surface area contributed by atoms with Crippen LogP contribution in [0, 0.1) is 5.92 Å². The van der Waals surface area contributed by atoms with Gasteiger partial charge in [-0.15, -0.1) is 0 Å². The second-order valence-corrected chi connectivity index (χ2v) is 3.93. The van der Waals surface area contributed by atoms with Gasteiger partial charge in [-0.2, -0.15) is 0 Å². The minimum absolute atomic E-state index is 0.0558. The van der Waals surface area contributed by atoms with Gasteiger partial charge in [-0.25, -0.2) is 0 Å². The Morgan fingerprint density at radius 2 is 2.43 bits per heavy atom. The van der Waals surface area contributed by atoms with Crippen LogP contribution in [0.2, 0.25) is 0 Å². The summed E-state index contributed by atoms with van der Waals surface area (Å²) >= 11 is 0. The van der Waals surface area contributed by atoms with Gasteiger partial charge in [0.25, 0.3) is 0 Å². The van der Waals surface area contributed by atoms with Gasteiger partial charge in [0.05, 0.1) is 5.92 Å². The van der Waals surface area contributed by atoms with E-state index >= 15 is 0 Å². The quantitative estimate of drug-likeness (QED) is 0.650. The van der Waals surface area contributed by atoms with Crippen molar-refractivity contribution >= 4 is 5.78 Å². The van der Waals surface area contributed by atoms with E-state index in [0.717, 1.165) is 12.8 Å². The summed E-state index contributed by atoms with van der Waals surface area (Å²) in [5.41, 5.74) is 2.66. The Hall–Kier alpha value is -1.11. The van der Waals surface area contributed by atoms with E-state index in [1.54, 1.807) is 0 Å². The Morgan fingerprint density at radius 1 is 1.57 bits per heavy atom. The second-order valence-electron chi connectivity index (χ2n) is 3.93. The lowest BCUT2D eigenvalue weighted by Crippen LogP contribution is -2.18. The first-order valence-electron chi connectivity index (χ1n) is 5.43. The van der Waals surface area contributed by atoms with Gasteiger partial charge in [0.2, 0.25) is 0 Å². The monoisotopic (exact) mass is 188 g/mol. The van der Waals surface area contributed by atoms with Gasteiger partial charge in [-0.3, -0.25) is 4.79 Å². The molecule has 14 heavy (non-hydrogen) atoms. The van der Waals surface area contributed by atoms with Crippen molar-refractivity contribution in [2.24, 2.45) is 5.92 Å². The lowest BCUT2D eigenvalue weighted by Gasteiger charge is -2.24. The van der Waals surface area contributed by atoms with Crippen LogP contribution in [0.5, 0.6) is 0 Å². The van der Waals surface area contributed by atoms with Crippen molar-refractivity contribution in [2.45, 2.75) is 32.6 Å². The van der Waals surface area contributed by atoms with Crippen molar-refractivity contribution in [1.29, 1.82) is 0 Å². The summed E-state index contributed by atoms with van der Waals surface area (Å²) in [6.45, 7) is 1.94. The van der Waals surface area contributed by atoms with Crippen LogP contribution >= 0.6 is 0 Å². The van der Waals surface area contributed by atoms with E-state index < -0.39 is 0 Å². The fourth-order valence-electron chi connectivity index (χ4n) is 2.22. The molecular formula is C13H16O. The summed E-state index contributed by atoms with van der Waals surface area (Å²) in [5.74, 6) is 0.403. The van der Waals surface area contributed by atoms with E-state index in [1.807, 2.05) is 19.1 Å². The Kier molecular flexibility index (Phi) is 2.67. The summed E-state index contributed by atoms with van der Waals surface area (Å²) < 4.78 is 0. The Labute approximate surface area is 85.2 Å². The molecule has 0 spiro atoms. The number of fused-ring (bicyclic) bond motifs is 1. The molecule has 2 aliphatic rings. The summed E-state index contributed by atoms with van der Waals surface area (Å²) in [6, 6.07) is 0. The first-order chi connectivity index (χ1) is 6.83. The van der Waals surface area contributed by atoms with Gasteiger partial charge in [0.15, 0.2) is 0 Å². The van der Waals surface area contributed by atoms with Crippen molar-refractivity contribution in [3.8, 4) is 0 Å². The number of hydrogen-bond donors (Lipinski definition) is 0. The van der Waals surface area contributed by atoms with Gasteiger partial charge in [0, 0.05) is 6.42 Å². The molecule has 0 radical (unpaired) electrons. The van der Waals surface area contributed by atoms with Gasteiger partial charge < -0.3 is 0 Å². The molecule has 0 aromatic heterocycles. The average molecular weight is 188 g/mol. The van der Waals surface area contributed by atoms with Crippen LogP contribution in [0.4, 0.5) is 0 Å². The number of ketones is 1. The molecule has 0 fully saturated rings. The number of hydrogen-bond acceptors (Lipinski definition) is 1. The van der Waals surface area contributed by atoms with Gasteiger partial charge in [0.1, 0.15) is 5.78 Å². The molecule has 0 aromatic carbocycles. The van der Waals surface area contributed by atoms with E-state index in [2.05, 4.69) is 12.2 Å². The van der Waals surface area contributed by atoms with Crippen LogP contribution in [0.3, 0.4) is 0 Å². The van der Waals surface area contributed by atoms with Crippen molar-refractivity contribution in [1.82, 2.24) is 0 Å². The molecule has 0 N–H and O–H groups in total. The molecule has 1 nitrogen and oxygen atoms in total. The van der Waals surface area contributed by atoms with Crippen molar-refractivity contribution in [2.75, 3.05) is 0 Å². The Morgan fingerprint density at radius 3 is 3.21 bits per heavy atom. The third-order valence-electron chi connectivity index (χ3n) is 3.02. The number of carbonyl (C=O) groups excluding carboxylic acids is 1. The molecule has 1 atom stereocenters. The number of allylic oxidation sites excluding steroid dienone is 6. The smallest absolute Gasteiger partial charge is 0.143 e. The average Bonchev–Trinajstić information content (AvgIpc) is 2.27. The zero-order valence-corrected chi connectivity index (χ0v) is 8.62. The first kappa shape index (κ1) is 9.45. The number of Topliss-reactive ketones (excluding diaryl/α,β-unsaturated/α-hetero) is 1. The topological polar surface area (TPSA) is 17.1 Å². The standard InChI is InChI=1S/C13H16O/c1-2-13(14)12-9-5-7-10-6-3-4-8-11(10)12/h5,7-9,12H,2-4,6H2,1H3. The lowest BCUT2D eigenvalue weighted by atomic mass is 9.79. The molecule has 0 aliphatic heterocycles. The molecule has 0 aromatic rings. The van der Waals surface area contributed by atoms with E-state index in [4.69, 9.17) is 0 Å². The fraction of sp³-hybridized carbons (Fsp3) is 0.462. The molecule has 0 heterocycles. The third-order valence-corrected chi connectivity index (χ3v) is 3.02. The summed E-state index contributed by atoms with van der Waals surface area (Å²) in [4.78, 5) is 11.7. The summed E-state index contributed by atoms with van der Waals surface area (Å²) in [6.07, 6.45) is 12.6. The fourth-order valence-corrected chi connectivity index (χ4v) is 2.22. The predicted octanol–water partition coefficient (Wildman–Crippen LogP) is 3.19. The third kappa shape index (κ3) is 1.59. The van der Waals surface area contributed by atoms with E-state index in [9.17, 15) is 4.79 Å². The lowest BCUT2D eigenvalue weighted by molar-refractivity contribution is -0.120. The molecule has 2 aliphatic carbocycles. The predicted molar refractivity (Wildman–Crippen MR) is 57.9 cm³/mol. The Bertz CT molecular complexity index is 331. The van der Waals surface area contributed by atoms with Gasteiger partial charge >= 0.3 is 0 Å². The summed E-state index contributed by atoms with van der Waals surface area (Å²) in [5, 5.41) is 0. The molecule has 2 rings (SSSR count). The van der Waals surface area contributed by atoms with E-state index in [-0.39, 0.29) is 5.92 Å². The molecule has 1 heteroatoms. The van der Waals surface area contributed by atoms with Gasteiger partial charge in [-0.05, 0) is 30.4 Å². The van der Waals surface area contributed by atoms with Crippen LogP contribution in [0.1, 0.15) is 32.6 Å². The minimum atomic E-state index is 0.0558. The highest BCUT2D eigenvalue weighted by Gasteiger charge is 2.24. The van der Waals surface area contributed by atoms with Gasteiger partial charge in [-0.1, -0.05) is 31.2 Å². The summed E-state index contributed by atoms with van der Waals surface area (Å²) in [7, 11) is 0. The van der Waals surface area contributed by atoms with Crippen LogP contribution in [-0.4, -0.2) is 5.78 Å². The van der Waals surface area contributed by atoms with Crippen LogP contribution < -0.4 is 0 Å². The maximum atomic E-state index is 11.7. The SMILES string of the molecule is CCC(=O)C1C=CC=C2CCCC=C21. The largest absolute Gasteiger partial charge is 0.299 e. The van der Waals surface area contributed by atoms with E-state index in [1.165, 1.54) is 17.6 Å². The van der Waals surface area contributed by atoms with Crippen LogP contribution in [0.25, 0.3) is 0 Å². The molecule has 0 amide bonds. The molecular weight excluding hydrogens is 172 g/mol. The number of rotatable bonds is 2. The molecule has 0 bridgehead atoms. The molecule has 0 saturated carbocycles. The van der Waals surface area contributed by atoms with Crippen LogP contribution in [-0.2, 0) is 4.79 Å². The normalized spacial score (nSPS) is 25.1. The zero-order valence-electron chi connectivity index (χ0n) is 8.62. The maximum absolute atomic E-state index is 11.7. The first-order valence-corrected chi connectivity index (χ1v) is 5.43. The zero-order chi connectivity index (χ0) is 9.97. The van der Waals surface area contributed by atoms with Crippen molar-refractivity contribution < 1.29 is 4.79 Å². The highest BCUT2D eigenvalue weighted by Crippen LogP contribution is 2.34. The molecule has 0 saturated heterocycles. The van der Waals surface area contributed by atoms with Crippen molar-refractivity contribution in [3.05, 3.63) is 35.5 Å². The highest BCUT2D eigenvalue weighted by atomic mass is 16.1. The highest BCUT2D eigenvalue weighted by molar-refractivity contribution is 5.87. The minimum Gasteiger partial charge on any atom is -0.299 e. The molecule has 74 valence electrons. The van der Waals surface area contributed by atoms with Crippen LogP contribution in [0.15, 0.2) is 35.5 Å². The maximum Gasteiger partial charge on any atom is 0.143 e. The van der Waals surface area contributed by atoms with E-state index in [0.29, 0.717) is 12.2 Å².